The van der Waals surface area contributed by atoms with E-state index >= 15 is 0 Å². The SMILES string of the molecule is CC(C)CCOC(=O)c1cccc(Br)c1N. The van der Waals surface area contributed by atoms with Crippen LogP contribution in [-0.4, -0.2) is 12.6 Å². The van der Waals surface area contributed by atoms with Gasteiger partial charge in [0.15, 0.2) is 0 Å². The summed E-state index contributed by atoms with van der Waals surface area (Å²) in [6, 6.07) is 5.22. The lowest BCUT2D eigenvalue weighted by molar-refractivity contribution is 0.0489. The maximum atomic E-state index is 11.7. The van der Waals surface area contributed by atoms with Crippen LogP contribution in [0.2, 0.25) is 0 Å². The van der Waals surface area contributed by atoms with Crippen molar-refractivity contribution in [3.63, 3.8) is 0 Å². The van der Waals surface area contributed by atoms with Crippen molar-refractivity contribution in [3.8, 4) is 0 Å². The minimum atomic E-state index is -0.362. The normalized spacial score (nSPS) is 10.5. The maximum absolute atomic E-state index is 11.7. The first-order chi connectivity index (χ1) is 7.52. The molecule has 0 spiro atoms. The molecule has 4 heteroatoms. The first-order valence-electron chi connectivity index (χ1n) is 5.23. The molecule has 0 bridgehead atoms. The highest BCUT2D eigenvalue weighted by Crippen LogP contribution is 2.23. The van der Waals surface area contributed by atoms with Crippen LogP contribution in [0.4, 0.5) is 5.69 Å². The van der Waals surface area contributed by atoms with Crippen LogP contribution in [0.5, 0.6) is 0 Å². The molecule has 3 nitrogen and oxygen atoms in total. The van der Waals surface area contributed by atoms with Crippen LogP contribution in [0.1, 0.15) is 30.6 Å². The molecule has 88 valence electrons. The second kappa shape index (κ2) is 5.89. The van der Waals surface area contributed by atoms with Crippen LogP contribution in [-0.2, 0) is 4.74 Å². The maximum Gasteiger partial charge on any atom is 0.340 e. The summed E-state index contributed by atoms with van der Waals surface area (Å²) in [5.41, 5.74) is 6.61. The zero-order chi connectivity index (χ0) is 12.1. The van der Waals surface area contributed by atoms with Crippen LogP contribution in [0.3, 0.4) is 0 Å². The monoisotopic (exact) mass is 285 g/mol. The van der Waals surface area contributed by atoms with Gasteiger partial charge in [-0.2, -0.15) is 0 Å². The fourth-order valence-corrected chi connectivity index (χ4v) is 1.55. The lowest BCUT2D eigenvalue weighted by atomic mass is 10.1. The number of benzene rings is 1. The van der Waals surface area contributed by atoms with Gasteiger partial charge in [-0.05, 0) is 40.4 Å². The fourth-order valence-electron chi connectivity index (χ4n) is 1.18. The van der Waals surface area contributed by atoms with E-state index in [-0.39, 0.29) is 5.97 Å². The smallest absolute Gasteiger partial charge is 0.340 e. The van der Waals surface area contributed by atoms with Crippen LogP contribution in [0, 0.1) is 5.92 Å². The highest BCUT2D eigenvalue weighted by atomic mass is 79.9. The van der Waals surface area contributed by atoms with Crippen molar-refractivity contribution < 1.29 is 9.53 Å². The molecule has 0 heterocycles. The van der Waals surface area contributed by atoms with Crippen LogP contribution in [0.15, 0.2) is 22.7 Å². The van der Waals surface area contributed by atoms with E-state index in [1.807, 2.05) is 0 Å². The van der Waals surface area contributed by atoms with Gasteiger partial charge in [0.05, 0.1) is 17.9 Å². The fraction of sp³-hybridized carbons (Fsp3) is 0.417. The Bertz CT molecular complexity index is 377. The van der Waals surface area contributed by atoms with Crippen molar-refractivity contribution in [1.82, 2.24) is 0 Å². The first-order valence-corrected chi connectivity index (χ1v) is 6.02. The molecule has 0 aliphatic rings. The predicted molar refractivity (Wildman–Crippen MR) is 68.3 cm³/mol. The second-order valence-corrected chi connectivity index (χ2v) is 4.87. The number of nitrogen functional groups attached to an aromatic ring is 1. The van der Waals surface area contributed by atoms with E-state index < -0.39 is 0 Å². The van der Waals surface area contributed by atoms with Crippen molar-refractivity contribution in [2.24, 2.45) is 5.92 Å². The zero-order valence-electron chi connectivity index (χ0n) is 9.50. The summed E-state index contributed by atoms with van der Waals surface area (Å²) in [5.74, 6) is 0.159. The average Bonchev–Trinajstić information content (AvgIpc) is 2.21. The average molecular weight is 286 g/mol. The van der Waals surface area contributed by atoms with E-state index in [9.17, 15) is 4.79 Å². The molecule has 0 unspecified atom stereocenters. The molecule has 0 atom stereocenters. The Morgan fingerprint density at radius 1 is 1.50 bits per heavy atom. The topological polar surface area (TPSA) is 52.3 Å². The standard InChI is InChI=1S/C12H16BrNO2/c1-8(2)6-7-16-12(15)9-4-3-5-10(13)11(9)14/h3-5,8H,6-7,14H2,1-2H3. The van der Waals surface area contributed by atoms with Crippen molar-refractivity contribution in [3.05, 3.63) is 28.2 Å². The van der Waals surface area contributed by atoms with Crippen LogP contribution < -0.4 is 5.73 Å². The van der Waals surface area contributed by atoms with Gasteiger partial charge < -0.3 is 10.5 Å². The van der Waals surface area contributed by atoms with Gasteiger partial charge in [0.2, 0.25) is 0 Å². The molecule has 0 aliphatic heterocycles. The molecule has 0 aliphatic carbocycles. The first kappa shape index (κ1) is 13.0. The van der Waals surface area contributed by atoms with Crippen molar-refractivity contribution in [2.75, 3.05) is 12.3 Å². The number of para-hydroxylation sites is 1. The molecule has 1 rings (SSSR count). The Morgan fingerprint density at radius 2 is 2.19 bits per heavy atom. The Hall–Kier alpha value is -1.03. The van der Waals surface area contributed by atoms with Gasteiger partial charge in [-0.25, -0.2) is 4.79 Å². The summed E-state index contributed by atoms with van der Waals surface area (Å²) in [7, 11) is 0. The van der Waals surface area contributed by atoms with E-state index in [2.05, 4.69) is 29.8 Å². The molecule has 16 heavy (non-hydrogen) atoms. The van der Waals surface area contributed by atoms with Crippen molar-refractivity contribution >= 4 is 27.6 Å². The number of anilines is 1. The Kier molecular flexibility index (Phi) is 4.80. The minimum Gasteiger partial charge on any atom is -0.462 e. The third-order valence-electron chi connectivity index (χ3n) is 2.20. The number of hydrogen-bond acceptors (Lipinski definition) is 3. The highest BCUT2D eigenvalue weighted by Gasteiger charge is 2.12. The number of ether oxygens (including phenoxy) is 1. The van der Waals surface area contributed by atoms with Crippen LogP contribution in [0.25, 0.3) is 0 Å². The summed E-state index contributed by atoms with van der Waals surface area (Å²) in [4.78, 5) is 11.7. The van der Waals surface area contributed by atoms with Gasteiger partial charge in [0, 0.05) is 4.47 Å². The summed E-state index contributed by atoms with van der Waals surface area (Å²) >= 11 is 3.27. The molecule has 2 N–H and O–H groups in total. The molecule has 0 radical (unpaired) electrons. The summed E-state index contributed by atoms with van der Waals surface area (Å²) in [5, 5.41) is 0. The number of hydrogen-bond donors (Lipinski definition) is 1. The number of nitrogens with two attached hydrogens (primary N) is 1. The van der Waals surface area contributed by atoms with Crippen molar-refractivity contribution in [2.45, 2.75) is 20.3 Å². The van der Waals surface area contributed by atoms with E-state index in [0.29, 0.717) is 28.2 Å². The number of carbonyl (C=O) groups excluding carboxylic acids is 1. The second-order valence-electron chi connectivity index (χ2n) is 4.02. The molecule has 0 aromatic heterocycles. The van der Waals surface area contributed by atoms with E-state index in [4.69, 9.17) is 10.5 Å². The van der Waals surface area contributed by atoms with E-state index in [1.54, 1.807) is 18.2 Å². The molecule has 0 amide bonds. The minimum absolute atomic E-state index is 0.362. The number of esters is 1. The van der Waals surface area contributed by atoms with Crippen molar-refractivity contribution in [1.29, 1.82) is 0 Å². The highest BCUT2D eigenvalue weighted by molar-refractivity contribution is 9.10. The molecule has 0 saturated heterocycles. The predicted octanol–water partition coefficient (Wildman–Crippen LogP) is 3.23. The molecule has 1 aromatic carbocycles. The molecule has 1 aromatic rings. The molecular weight excluding hydrogens is 270 g/mol. The van der Waals surface area contributed by atoms with E-state index in [0.717, 1.165) is 6.42 Å². The van der Waals surface area contributed by atoms with Gasteiger partial charge >= 0.3 is 5.97 Å². The lowest BCUT2D eigenvalue weighted by Gasteiger charge is -2.09. The lowest BCUT2D eigenvalue weighted by Crippen LogP contribution is -2.10. The third kappa shape index (κ3) is 3.52. The van der Waals surface area contributed by atoms with Gasteiger partial charge in [0.1, 0.15) is 0 Å². The number of carbonyl (C=O) groups is 1. The Balaban J connectivity index is 2.63. The zero-order valence-corrected chi connectivity index (χ0v) is 11.1. The third-order valence-corrected chi connectivity index (χ3v) is 2.89. The van der Waals surface area contributed by atoms with Gasteiger partial charge in [-0.15, -0.1) is 0 Å². The van der Waals surface area contributed by atoms with Gasteiger partial charge in [-0.1, -0.05) is 19.9 Å². The number of rotatable bonds is 4. The van der Waals surface area contributed by atoms with Gasteiger partial charge in [0.25, 0.3) is 0 Å². The number of halogens is 1. The quantitative estimate of drug-likeness (QED) is 0.683. The molecular formula is C12H16BrNO2. The van der Waals surface area contributed by atoms with Crippen LogP contribution >= 0.6 is 15.9 Å². The molecule has 0 fully saturated rings. The van der Waals surface area contributed by atoms with Gasteiger partial charge in [-0.3, -0.25) is 0 Å². The molecule has 0 saturated carbocycles. The largest absolute Gasteiger partial charge is 0.462 e. The summed E-state index contributed by atoms with van der Waals surface area (Å²) < 4.78 is 5.85. The van der Waals surface area contributed by atoms with E-state index in [1.165, 1.54) is 0 Å². The summed E-state index contributed by atoms with van der Waals surface area (Å²) in [6.07, 6.45) is 0.861. The summed E-state index contributed by atoms with van der Waals surface area (Å²) in [6.45, 7) is 4.60. The Morgan fingerprint density at radius 3 is 2.81 bits per heavy atom. The Labute approximate surface area is 104 Å².